The summed E-state index contributed by atoms with van der Waals surface area (Å²) in [7, 11) is 0. The molecule has 1 heterocycles. The van der Waals surface area contributed by atoms with E-state index in [1.807, 2.05) is 37.3 Å². The number of nitrogens with zero attached hydrogens (tertiary/aromatic N) is 2. The van der Waals surface area contributed by atoms with Gasteiger partial charge in [-0.25, -0.2) is 5.48 Å². The summed E-state index contributed by atoms with van der Waals surface area (Å²) in [5, 5.41) is 8.56. The fourth-order valence-corrected chi connectivity index (χ4v) is 1.61. The van der Waals surface area contributed by atoms with Gasteiger partial charge in [-0.2, -0.15) is 0 Å². The minimum absolute atomic E-state index is 0.115. The SMILES string of the molecule is CC(=Nc1ccnc(C(=O)NO)c1)c1ccccc1. The maximum absolute atomic E-state index is 11.2. The molecule has 0 aliphatic carbocycles. The largest absolute Gasteiger partial charge is 0.293 e. The summed E-state index contributed by atoms with van der Waals surface area (Å²) in [6, 6.07) is 12.9. The van der Waals surface area contributed by atoms with E-state index < -0.39 is 5.91 Å². The Balaban J connectivity index is 2.30. The highest BCUT2D eigenvalue weighted by molar-refractivity contribution is 6.00. The van der Waals surface area contributed by atoms with Crippen LogP contribution in [0.15, 0.2) is 53.7 Å². The van der Waals surface area contributed by atoms with Crippen LogP contribution < -0.4 is 5.48 Å². The van der Waals surface area contributed by atoms with Gasteiger partial charge in [-0.1, -0.05) is 30.3 Å². The predicted octanol–water partition coefficient (Wildman–Crippen LogP) is 2.34. The van der Waals surface area contributed by atoms with Crippen LogP contribution in [0, 0.1) is 0 Å². The summed E-state index contributed by atoms with van der Waals surface area (Å²) < 4.78 is 0. The Kier molecular flexibility index (Phi) is 4.00. The van der Waals surface area contributed by atoms with Crippen molar-refractivity contribution in [1.29, 1.82) is 0 Å². The van der Waals surface area contributed by atoms with E-state index in [0.717, 1.165) is 11.3 Å². The zero-order valence-corrected chi connectivity index (χ0v) is 10.4. The average Bonchev–Trinajstić information content (AvgIpc) is 2.47. The lowest BCUT2D eigenvalue weighted by Crippen LogP contribution is -2.19. The van der Waals surface area contributed by atoms with Crippen molar-refractivity contribution in [1.82, 2.24) is 10.5 Å². The molecule has 2 aromatic rings. The Labute approximate surface area is 110 Å². The van der Waals surface area contributed by atoms with Gasteiger partial charge in [0.15, 0.2) is 0 Å². The van der Waals surface area contributed by atoms with Gasteiger partial charge in [0, 0.05) is 11.9 Å². The molecule has 0 saturated carbocycles. The molecular formula is C14H13N3O2. The maximum Gasteiger partial charge on any atom is 0.293 e. The van der Waals surface area contributed by atoms with Gasteiger partial charge in [-0.3, -0.25) is 20.0 Å². The van der Waals surface area contributed by atoms with Crippen molar-refractivity contribution >= 4 is 17.3 Å². The topological polar surface area (TPSA) is 74.6 Å². The molecule has 0 fully saturated rings. The van der Waals surface area contributed by atoms with Gasteiger partial charge in [0.25, 0.3) is 5.91 Å². The number of rotatable bonds is 3. The van der Waals surface area contributed by atoms with Crippen LogP contribution in [0.4, 0.5) is 5.69 Å². The molecule has 0 saturated heterocycles. The summed E-state index contributed by atoms with van der Waals surface area (Å²) >= 11 is 0. The molecule has 2 rings (SSSR count). The normalized spacial score (nSPS) is 11.2. The molecule has 1 aromatic carbocycles. The predicted molar refractivity (Wildman–Crippen MR) is 71.8 cm³/mol. The second-order valence-electron chi connectivity index (χ2n) is 3.90. The number of aliphatic imine (C=N–C) groups is 1. The molecule has 5 nitrogen and oxygen atoms in total. The van der Waals surface area contributed by atoms with Gasteiger partial charge in [-0.05, 0) is 24.6 Å². The van der Waals surface area contributed by atoms with Crippen LogP contribution in [0.5, 0.6) is 0 Å². The third kappa shape index (κ3) is 3.23. The zero-order valence-electron chi connectivity index (χ0n) is 10.4. The van der Waals surface area contributed by atoms with E-state index in [-0.39, 0.29) is 5.69 Å². The molecule has 1 aromatic heterocycles. The first kappa shape index (κ1) is 12.9. The van der Waals surface area contributed by atoms with E-state index in [4.69, 9.17) is 5.21 Å². The van der Waals surface area contributed by atoms with Crippen LogP contribution >= 0.6 is 0 Å². The Morgan fingerprint density at radius 3 is 2.68 bits per heavy atom. The number of hydroxylamine groups is 1. The lowest BCUT2D eigenvalue weighted by atomic mass is 10.1. The molecule has 0 aliphatic rings. The molecule has 0 radical (unpaired) electrons. The lowest BCUT2D eigenvalue weighted by molar-refractivity contribution is 0.0701. The number of hydrogen-bond donors (Lipinski definition) is 2. The van der Waals surface area contributed by atoms with E-state index in [2.05, 4.69) is 9.98 Å². The van der Waals surface area contributed by atoms with Gasteiger partial charge in [0.1, 0.15) is 5.69 Å². The first-order valence-electron chi connectivity index (χ1n) is 5.72. The van der Waals surface area contributed by atoms with Gasteiger partial charge < -0.3 is 0 Å². The number of carbonyl (C=O) groups excluding carboxylic acids is 1. The molecular weight excluding hydrogens is 242 g/mol. The summed E-state index contributed by atoms with van der Waals surface area (Å²) in [6.07, 6.45) is 1.47. The number of aromatic nitrogens is 1. The van der Waals surface area contributed by atoms with Gasteiger partial charge in [0.2, 0.25) is 0 Å². The average molecular weight is 255 g/mol. The zero-order chi connectivity index (χ0) is 13.7. The fraction of sp³-hybridized carbons (Fsp3) is 0.0714. The molecule has 0 bridgehead atoms. The van der Waals surface area contributed by atoms with Gasteiger partial charge in [-0.15, -0.1) is 0 Å². The highest BCUT2D eigenvalue weighted by Crippen LogP contribution is 2.14. The van der Waals surface area contributed by atoms with Crippen molar-refractivity contribution in [3.05, 3.63) is 59.9 Å². The molecule has 2 N–H and O–H groups in total. The molecule has 5 heteroatoms. The van der Waals surface area contributed by atoms with E-state index in [1.54, 1.807) is 11.5 Å². The Bertz CT molecular complexity index is 609. The Morgan fingerprint density at radius 1 is 1.26 bits per heavy atom. The number of pyridine rings is 1. The summed E-state index contributed by atoms with van der Waals surface area (Å²) in [5.74, 6) is -0.658. The van der Waals surface area contributed by atoms with E-state index in [1.165, 1.54) is 12.3 Å². The first-order chi connectivity index (χ1) is 9.20. The first-order valence-corrected chi connectivity index (χ1v) is 5.72. The highest BCUT2D eigenvalue weighted by Gasteiger charge is 2.06. The van der Waals surface area contributed by atoms with Gasteiger partial charge >= 0.3 is 0 Å². The monoisotopic (exact) mass is 255 g/mol. The van der Waals surface area contributed by atoms with Crippen LogP contribution in [0.3, 0.4) is 0 Å². The second kappa shape index (κ2) is 5.88. The van der Waals surface area contributed by atoms with E-state index in [9.17, 15) is 4.79 Å². The van der Waals surface area contributed by atoms with Crippen molar-refractivity contribution in [2.75, 3.05) is 0 Å². The number of carbonyl (C=O) groups is 1. The molecule has 0 aliphatic heterocycles. The van der Waals surface area contributed by atoms with Crippen LogP contribution in [0.25, 0.3) is 0 Å². The van der Waals surface area contributed by atoms with E-state index >= 15 is 0 Å². The second-order valence-corrected chi connectivity index (χ2v) is 3.90. The Morgan fingerprint density at radius 2 is 2.00 bits per heavy atom. The summed E-state index contributed by atoms with van der Waals surface area (Å²) in [5.41, 5.74) is 4.11. The van der Waals surface area contributed by atoms with Crippen LogP contribution in [-0.2, 0) is 0 Å². The minimum atomic E-state index is -0.658. The molecule has 19 heavy (non-hydrogen) atoms. The summed E-state index contributed by atoms with van der Waals surface area (Å²) in [6.45, 7) is 1.89. The molecule has 0 spiro atoms. The van der Waals surface area contributed by atoms with Crippen molar-refractivity contribution in [3.8, 4) is 0 Å². The highest BCUT2D eigenvalue weighted by atomic mass is 16.5. The third-order valence-electron chi connectivity index (χ3n) is 2.57. The van der Waals surface area contributed by atoms with Crippen molar-refractivity contribution in [2.24, 2.45) is 4.99 Å². The third-order valence-corrected chi connectivity index (χ3v) is 2.57. The smallest absolute Gasteiger partial charge is 0.288 e. The Hall–Kier alpha value is -2.53. The number of hydrogen-bond acceptors (Lipinski definition) is 4. The van der Waals surface area contributed by atoms with Crippen LogP contribution in [0.2, 0.25) is 0 Å². The van der Waals surface area contributed by atoms with Crippen molar-refractivity contribution < 1.29 is 10.0 Å². The standard InChI is InChI=1S/C14H13N3O2/c1-10(11-5-3-2-4-6-11)16-12-7-8-15-13(9-12)14(18)17-19/h2-9,19H,1H3,(H,17,18). The fourth-order valence-electron chi connectivity index (χ4n) is 1.61. The van der Waals surface area contributed by atoms with Crippen molar-refractivity contribution in [3.63, 3.8) is 0 Å². The summed E-state index contributed by atoms with van der Waals surface area (Å²) in [4.78, 5) is 19.5. The lowest BCUT2D eigenvalue weighted by Gasteiger charge is -2.02. The number of benzene rings is 1. The van der Waals surface area contributed by atoms with Crippen LogP contribution in [-0.4, -0.2) is 21.8 Å². The van der Waals surface area contributed by atoms with Crippen LogP contribution in [0.1, 0.15) is 23.0 Å². The quantitative estimate of drug-likeness (QED) is 0.502. The van der Waals surface area contributed by atoms with Gasteiger partial charge in [0.05, 0.1) is 5.69 Å². The van der Waals surface area contributed by atoms with E-state index in [0.29, 0.717) is 5.69 Å². The number of nitrogens with one attached hydrogen (secondary N) is 1. The van der Waals surface area contributed by atoms with Crippen molar-refractivity contribution in [2.45, 2.75) is 6.92 Å². The molecule has 96 valence electrons. The maximum atomic E-state index is 11.2. The minimum Gasteiger partial charge on any atom is -0.288 e. The molecule has 0 atom stereocenters. The molecule has 0 unspecified atom stereocenters. The number of amides is 1. The molecule has 1 amide bonds.